The molecule has 0 saturated carbocycles. The van der Waals surface area contributed by atoms with Gasteiger partial charge in [-0.3, -0.25) is 14.3 Å². The number of sulfonamides is 1. The summed E-state index contributed by atoms with van der Waals surface area (Å²) < 4.78 is 40.3. The molecule has 2 aliphatic heterocycles. The molecule has 2 aromatic carbocycles. The second-order valence-electron chi connectivity index (χ2n) is 7.54. The van der Waals surface area contributed by atoms with E-state index in [0.29, 0.717) is 37.8 Å². The van der Waals surface area contributed by atoms with E-state index in [1.54, 1.807) is 29.2 Å². The fourth-order valence-corrected chi connectivity index (χ4v) is 5.50. The van der Waals surface area contributed by atoms with Crippen LogP contribution >= 0.6 is 0 Å². The summed E-state index contributed by atoms with van der Waals surface area (Å²) in [5.41, 5.74) is 0.494. The van der Waals surface area contributed by atoms with Gasteiger partial charge in [-0.1, -0.05) is 24.3 Å². The van der Waals surface area contributed by atoms with Gasteiger partial charge < -0.3 is 14.4 Å². The zero-order chi connectivity index (χ0) is 21.6. The Morgan fingerprint density at radius 1 is 0.839 bits per heavy atom. The van der Waals surface area contributed by atoms with Crippen molar-refractivity contribution in [3.05, 3.63) is 64.2 Å². The summed E-state index contributed by atoms with van der Waals surface area (Å²) in [4.78, 5) is 27.8. The third kappa shape index (κ3) is 3.34. The van der Waals surface area contributed by atoms with Crippen LogP contribution in [0.25, 0.3) is 0 Å². The number of anilines is 1. The molecule has 31 heavy (non-hydrogen) atoms. The van der Waals surface area contributed by atoms with E-state index in [9.17, 15) is 18.0 Å². The number of nitrogens with zero attached hydrogens (tertiary/aromatic N) is 1. The van der Waals surface area contributed by atoms with E-state index in [-0.39, 0.29) is 22.5 Å². The van der Waals surface area contributed by atoms with Gasteiger partial charge in [0.05, 0.1) is 5.69 Å². The highest BCUT2D eigenvalue weighted by Gasteiger charge is 2.42. The number of carbonyl (C=O) groups excluding carboxylic acids is 2. The molecule has 8 nitrogen and oxygen atoms in total. The van der Waals surface area contributed by atoms with Crippen molar-refractivity contribution in [3.63, 3.8) is 0 Å². The second kappa shape index (κ2) is 7.42. The SMILES string of the molecule is O=C1C(N2CCCC2)=C(S(=O)(=O)Nc2ccc3c(c2)OCCO3)C(=O)c2ccccc21. The summed E-state index contributed by atoms with van der Waals surface area (Å²) >= 11 is 0. The molecule has 5 rings (SSSR count). The maximum absolute atomic E-state index is 13.4. The van der Waals surface area contributed by atoms with E-state index in [2.05, 4.69) is 4.72 Å². The Labute approximate surface area is 179 Å². The van der Waals surface area contributed by atoms with E-state index >= 15 is 0 Å². The molecule has 9 heteroatoms. The predicted molar refractivity (Wildman–Crippen MR) is 113 cm³/mol. The van der Waals surface area contributed by atoms with E-state index in [1.807, 2.05) is 0 Å². The minimum Gasteiger partial charge on any atom is -0.486 e. The second-order valence-corrected chi connectivity index (χ2v) is 9.16. The van der Waals surface area contributed by atoms with Crippen molar-refractivity contribution >= 4 is 27.3 Å². The summed E-state index contributed by atoms with van der Waals surface area (Å²) in [6.07, 6.45) is 1.66. The molecular formula is C22H20N2O6S. The number of rotatable bonds is 4. The summed E-state index contributed by atoms with van der Waals surface area (Å²) in [7, 11) is -4.35. The van der Waals surface area contributed by atoms with Crippen LogP contribution in [0.5, 0.6) is 11.5 Å². The lowest BCUT2D eigenvalue weighted by Crippen LogP contribution is -2.36. The van der Waals surface area contributed by atoms with Gasteiger partial charge >= 0.3 is 0 Å². The number of nitrogens with one attached hydrogen (secondary N) is 1. The first-order chi connectivity index (χ1) is 15.0. The van der Waals surface area contributed by atoms with Gasteiger partial charge in [0.25, 0.3) is 10.0 Å². The molecule has 3 aliphatic rings. The molecule has 1 N–H and O–H groups in total. The first-order valence-corrected chi connectivity index (χ1v) is 11.5. The molecule has 160 valence electrons. The Hall–Kier alpha value is -3.33. The van der Waals surface area contributed by atoms with E-state index in [1.165, 1.54) is 18.2 Å². The highest BCUT2D eigenvalue weighted by atomic mass is 32.2. The number of allylic oxidation sites excluding steroid dienone is 2. The molecule has 2 aromatic rings. The minimum atomic E-state index is -4.35. The predicted octanol–water partition coefficient (Wildman–Crippen LogP) is 2.59. The third-order valence-electron chi connectivity index (χ3n) is 5.54. The molecule has 1 saturated heterocycles. The van der Waals surface area contributed by atoms with Gasteiger partial charge in [-0.25, -0.2) is 8.42 Å². The van der Waals surface area contributed by atoms with Gasteiger partial charge in [-0.05, 0) is 25.0 Å². The van der Waals surface area contributed by atoms with Crippen LogP contribution in [-0.2, 0) is 10.0 Å². The van der Waals surface area contributed by atoms with Crippen molar-refractivity contribution in [1.29, 1.82) is 0 Å². The van der Waals surface area contributed by atoms with Gasteiger partial charge in [-0.15, -0.1) is 0 Å². The van der Waals surface area contributed by atoms with E-state index in [4.69, 9.17) is 9.47 Å². The summed E-state index contributed by atoms with van der Waals surface area (Å²) in [5.74, 6) is -0.192. The highest BCUT2D eigenvalue weighted by molar-refractivity contribution is 7.97. The quantitative estimate of drug-likeness (QED) is 0.780. The van der Waals surface area contributed by atoms with Crippen molar-refractivity contribution < 1.29 is 27.5 Å². The number of carbonyl (C=O) groups is 2. The number of hydrogen-bond acceptors (Lipinski definition) is 7. The first-order valence-electron chi connectivity index (χ1n) is 10.1. The smallest absolute Gasteiger partial charge is 0.268 e. The Balaban J connectivity index is 1.60. The van der Waals surface area contributed by atoms with Crippen molar-refractivity contribution in [2.24, 2.45) is 0 Å². The van der Waals surface area contributed by atoms with Gasteiger partial charge in [0.15, 0.2) is 16.4 Å². The van der Waals surface area contributed by atoms with Crippen molar-refractivity contribution in [2.45, 2.75) is 12.8 Å². The number of benzene rings is 2. The lowest BCUT2D eigenvalue weighted by Gasteiger charge is -2.28. The van der Waals surface area contributed by atoms with Crippen molar-refractivity contribution in [2.75, 3.05) is 31.0 Å². The normalized spacial score (nSPS) is 18.3. The zero-order valence-electron chi connectivity index (χ0n) is 16.6. The van der Waals surface area contributed by atoms with Crippen LogP contribution in [0.3, 0.4) is 0 Å². The van der Waals surface area contributed by atoms with Crippen LogP contribution in [0.2, 0.25) is 0 Å². The molecule has 1 aliphatic carbocycles. The topological polar surface area (TPSA) is 102 Å². The van der Waals surface area contributed by atoms with Crippen LogP contribution in [0, 0.1) is 0 Å². The van der Waals surface area contributed by atoms with Gasteiger partial charge in [0.2, 0.25) is 11.6 Å². The van der Waals surface area contributed by atoms with E-state index < -0.39 is 26.5 Å². The fraction of sp³-hybridized carbons (Fsp3) is 0.273. The van der Waals surface area contributed by atoms with Crippen LogP contribution in [-0.4, -0.2) is 51.2 Å². The molecule has 0 spiro atoms. The Morgan fingerprint density at radius 3 is 2.19 bits per heavy atom. The summed E-state index contributed by atoms with van der Waals surface area (Å²) in [6, 6.07) is 11.0. The molecule has 2 heterocycles. The van der Waals surface area contributed by atoms with Crippen molar-refractivity contribution in [1.82, 2.24) is 4.90 Å². The minimum absolute atomic E-state index is 0.0498. The number of likely N-dealkylation sites (tertiary alicyclic amines) is 1. The summed E-state index contributed by atoms with van der Waals surface area (Å²) in [5, 5.41) is 0. The standard InChI is InChI=1S/C22H20N2O6S/c25-20-15-5-1-2-6-16(15)21(26)22(19(20)24-9-3-4-10-24)31(27,28)23-14-7-8-17-18(13-14)30-12-11-29-17/h1-2,5-8,13,23H,3-4,9-12H2. The molecular weight excluding hydrogens is 420 g/mol. The fourth-order valence-electron chi connectivity index (χ4n) is 4.13. The van der Waals surface area contributed by atoms with Gasteiger partial charge in [0, 0.05) is 30.3 Å². The zero-order valence-corrected chi connectivity index (χ0v) is 17.4. The van der Waals surface area contributed by atoms with Crippen molar-refractivity contribution in [3.8, 4) is 11.5 Å². The molecule has 0 bridgehead atoms. The van der Waals surface area contributed by atoms with Gasteiger partial charge in [-0.2, -0.15) is 0 Å². The largest absolute Gasteiger partial charge is 0.486 e. The molecule has 0 aromatic heterocycles. The maximum atomic E-state index is 13.4. The lowest BCUT2D eigenvalue weighted by atomic mass is 9.92. The monoisotopic (exact) mass is 440 g/mol. The number of Topliss-reactive ketones (excluding diaryl/α,β-unsaturated/α-hetero) is 2. The van der Waals surface area contributed by atoms with Gasteiger partial charge in [0.1, 0.15) is 18.9 Å². The molecule has 0 radical (unpaired) electrons. The maximum Gasteiger partial charge on any atom is 0.268 e. The van der Waals surface area contributed by atoms with Crippen LogP contribution in [0.1, 0.15) is 33.6 Å². The number of hydrogen-bond donors (Lipinski definition) is 1. The summed E-state index contributed by atoms with van der Waals surface area (Å²) in [6.45, 7) is 1.83. The van der Waals surface area contributed by atoms with Crippen LogP contribution in [0.15, 0.2) is 53.1 Å². The molecule has 0 amide bonds. The lowest BCUT2D eigenvalue weighted by molar-refractivity contribution is 0.0953. The third-order valence-corrected chi connectivity index (χ3v) is 6.96. The van der Waals surface area contributed by atoms with Crippen LogP contribution in [0.4, 0.5) is 5.69 Å². The Kier molecular flexibility index (Phi) is 4.70. The highest BCUT2D eigenvalue weighted by Crippen LogP contribution is 2.36. The average Bonchev–Trinajstić information content (AvgIpc) is 3.30. The Morgan fingerprint density at radius 2 is 1.48 bits per heavy atom. The number of fused-ring (bicyclic) bond motifs is 2. The first kappa shape index (κ1) is 19.6. The molecule has 0 unspecified atom stereocenters. The Bertz CT molecular complexity index is 1230. The number of ether oxygens (including phenoxy) is 2. The van der Waals surface area contributed by atoms with E-state index in [0.717, 1.165) is 12.8 Å². The number of ketones is 2. The average molecular weight is 440 g/mol. The molecule has 1 fully saturated rings. The van der Waals surface area contributed by atoms with Crippen LogP contribution < -0.4 is 14.2 Å². The molecule has 0 atom stereocenters.